The highest BCUT2D eigenvalue weighted by atomic mass is 16.5. The molecular formula is C24H32N6O2. The lowest BCUT2D eigenvalue weighted by atomic mass is 9.95. The van der Waals surface area contributed by atoms with Crippen LogP contribution in [0.5, 0.6) is 0 Å². The lowest BCUT2D eigenvalue weighted by Crippen LogP contribution is -2.41. The van der Waals surface area contributed by atoms with Crippen LogP contribution in [0, 0.1) is 19.8 Å². The van der Waals surface area contributed by atoms with E-state index in [9.17, 15) is 4.79 Å². The number of hydrogen-bond donors (Lipinski definition) is 1. The van der Waals surface area contributed by atoms with Crippen molar-refractivity contribution in [3.8, 4) is 0 Å². The highest BCUT2D eigenvalue weighted by Gasteiger charge is 2.33. The average molecular weight is 437 g/mol. The van der Waals surface area contributed by atoms with Crippen molar-refractivity contribution in [2.75, 3.05) is 19.7 Å². The molecule has 1 N–H and O–H groups in total. The largest absolute Gasteiger partial charge is 0.376 e. The summed E-state index contributed by atoms with van der Waals surface area (Å²) in [6.07, 6.45) is 4.52. The first kappa shape index (κ1) is 21.3. The summed E-state index contributed by atoms with van der Waals surface area (Å²) in [4.78, 5) is 18.9. The number of likely N-dealkylation sites (tertiary alicyclic amines) is 1. The van der Waals surface area contributed by atoms with Gasteiger partial charge in [-0.05, 0) is 85.7 Å². The van der Waals surface area contributed by atoms with Gasteiger partial charge in [-0.3, -0.25) is 9.69 Å². The van der Waals surface area contributed by atoms with Gasteiger partial charge >= 0.3 is 0 Å². The molecule has 8 heteroatoms. The highest BCUT2D eigenvalue weighted by molar-refractivity contribution is 5.83. The minimum atomic E-state index is -0.289. The molecule has 0 aliphatic carbocycles. The first-order valence-corrected chi connectivity index (χ1v) is 11.8. The number of nitrogens with one attached hydrogen (secondary N) is 1. The number of H-pyrrole nitrogens is 1. The molecule has 0 saturated carbocycles. The van der Waals surface area contributed by atoms with Crippen LogP contribution >= 0.6 is 0 Å². The number of tetrazole rings is 1. The lowest BCUT2D eigenvalue weighted by molar-refractivity contribution is 0.0889. The van der Waals surface area contributed by atoms with Crippen LogP contribution in [0.1, 0.15) is 61.2 Å². The number of benzene rings is 1. The quantitative estimate of drug-likeness (QED) is 0.661. The molecule has 170 valence electrons. The van der Waals surface area contributed by atoms with Crippen LogP contribution in [0.4, 0.5) is 0 Å². The van der Waals surface area contributed by atoms with Gasteiger partial charge in [0.2, 0.25) is 0 Å². The van der Waals surface area contributed by atoms with Crippen molar-refractivity contribution in [3.05, 3.63) is 51.1 Å². The Morgan fingerprint density at radius 2 is 2.09 bits per heavy atom. The van der Waals surface area contributed by atoms with Gasteiger partial charge in [-0.2, -0.15) is 0 Å². The van der Waals surface area contributed by atoms with Crippen molar-refractivity contribution < 1.29 is 4.74 Å². The third-order valence-electron chi connectivity index (χ3n) is 6.89. The Balaban J connectivity index is 1.62. The van der Waals surface area contributed by atoms with E-state index >= 15 is 0 Å². The van der Waals surface area contributed by atoms with Gasteiger partial charge in [-0.15, -0.1) is 5.10 Å². The molecular weight excluding hydrogens is 404 g/mol. The molecule has 0 bridgehead atoms. The Labute approximate surface area is 188 Å². The van der Waals surface area contributed by atoms with Crippen LogP contribution < -0.4 is 5.56 Å². The zero-order valence-corrected chi connectivity index (χ0v) is 19.2. The van der Waals surface area contributed by atoms with Gasteiger partial charge in [0.05, 0.1) is 12.6 Å². The molecule has 2 fully saturated rings. The van der Waals surface area contributed by atoms with E-state index in [1.54, 1.807) is 0 Å². The predicted octanol–water partition coefficient (Wildman–Crippen LogP) is 3.13. The number of pyridine rings is 1. The maximum absolute atomic E-state index is 13.4. The number of aryl methyl sites for hydroxylation is 2. The van der Waals surface area contributed by atoms with Gasteiger partial charge < -0.3 is 9.72 Å². The number of rotatable bonds is 5. The third kappa shape index (κ3) is 4.09. The van der Waals surface area contributed by atoms with Gasteiger partial charge in [0.1, 0.15) is 6.04 Å². The molecule has 8 nitrogen and oxygen atoms in total. The zero-order chi connectivity index (χ0) is 22.2. The van der Waals surface area contributed by atoms with Crippen molar-refractivity contribution in [2.24, 2.45) is 5.92 Å². The molecule has 1 aromatic carbocycles. The molecule has 0 spiro atoms. The summed E-state index contributed by atoms with van der Waals surface area (Å²) in [6, 6.07) is 5.96. The minimum Gasteiger partial charge on any atom is -0.376 e. The maximum atomic E-state index is 13.4. The molecule has 2 aliphatic rings. The second-order valence-corrected chi connectivity index (χ2v) is 9.60. The highest BCUT2D eigenvalue weighted by Crippen LogP contribution is 2.32. The number of aromatic amines is 1. The Bertz CT molecular complexity index is 1160. The molecule has 4 heterocycles. The molecule has 2 aliphatic heterocycles. The van der Waals surface area contributed by atoms with Crippen molar-refractivity contribution in [1.82, 2.24) is 30.1 Å². The molecule has 2 saturated heterocycles. The molecule has 32 heavy (non-hydrogen) atoms. The van der Waals surface area contributed by atoms with Crippen LogP contribution in [-0.2, 0) is 11.3 Å². The fourth-order valence-electron chi connectivity index (χ4n) is 5.37. The Kier molecular flexibility index (Phi) is 5.82. The smallest absolute Gasteiger partial charge is 0.253 e. The van der Waals surface area contributed by atoms with Crippen molar-refractivity contribution in [2.45, 2.75) is 65.1 Å². The van der Waals surface area contributed by atoms with Crippen LogP contribution in [0.25, 0.3) is 10.9 Å². The van der Waals surface area contributed by atoms with E-state index in [-0.39, 0.29) is 17.7 Å². The molecule has 2 aromatic heterocycles. The van der Waals surface area contributed by atoms with E-state index < -0.39 is 0 Å². The van der Waals surface area contributed by atoms with Gasteiger partial charge in [-0.1, -0.05) is 13.0 Å². The summed E-state index contributed by atoms with van der Waals surface area (Å²) in [5, 5.41) is 13.8. The summed E-state index contributed by atoms with van der Waals surface area (Å²) >= 11 is 0. The lowest BCUT2D eigenvalue weighted by Gasteiger charge is -2.36. The minimum absolute atomic E-state index is 0.0719. The van der Waals surface area contributed by atoms with E-state index in [1.165, 1.54) is 6.42 Å². The first-order chi connectivity index (χ1) is 15.5. The SMILES string of the molecule is Cc1cc(C)c2cc([C@H](c3nnnn3C[C@@H]3CCCO3)N3CCC[C@H](C)C3)c(=O)[nH]c2c1. The van der Waals surface area contributed by atoms with Crippen molar-refractivity contribution in [1.29, 1.82) is 0 Å². The molecule has 0 radical (unpaired) electrons. The number of nitrogens with zero attached hydrogens (tertiary/aromatic N) is 5. The van der Waals surface area contributed by atoms with E-state index in [1.807, 2.05) is 10.7 Å². The molecule has 3 atom stereocenters. The first-order valence-electron chi connectivity index (χ1n) is 11.8. The monoisotopic (exact) mass is 436 g/mol. The maximum Gasteiger partial charge on any atom is 0.253 e. The van der Waals surface area contributed by atoms with E-state index in [0.29, 0.717) is 18.0 Å². The van der Waals surface area contributed by atoms with Gasteiger partial charge in [0, 0.05) is 29.6 Å². The van der Waals surface area contributed by atoms with Crippen LogP contribution in [0.2, 0.25) is 0 Å². The van der Waals surface area contributed by atoms with Crippen molar-refractivity contribution >= 4 is 10.9 Å². The Morgan fingerprint density at radius 1 is 1.22 bits per heavy atom. The summed E-state index contributed by atoms with van der Waals surface area (Å²) in [5.74, 6) is 1.29. The summed E-state index contributed by atoms with van der Waals surface area (Å²) in [6.45, 7) is 9.67. The molecule has 0 unspecified atom stereocenters. The number of fused-ring (bicyclic) bond motifs is 1. The van der Waals surface area contributed by atoms with Gasteiger partial charge in [-0.25, -0.2) is 4.68 Å². The molecule has 3 aromatic rings. The van der Waals surface area contributed by atoms with E-state index in [4.69, 9.17) is 4.74 Å². The second kappa shape index (κ2) is 8.75. The van der Waals surface area contributed by atoms with Crippen molar-refractivity contribution in [3.63, 3.8) is 0 Å². The number of aromatic nitrogens is 5. The average Bonchev–Trinajstić information content (AvgIpc) is 3.42. The number of ether oxygens (including phenoxy) is 1. The van der Waals surface area contributed by atoms with E-state index in [0.717, 1.165) is 66.8 Å². The standard InChI is InChI=1S/C24H32N6O2/c1-15-6-4-8-29(13-15)22(23-26-27-28-30(23)14-18-7-5-9-32-18)20-12-19-17(3)10-16(2)11-21(19)25-24(20)31/h10-12,15,18,22H,4-9,13-14H2,1-3H3,(H,25,31)/t15-,18-,22+/m0/s1. The molecule has 0 amide bonds. The van der Waals surface area contributed by atoms with Gasteiger partial charge in [0.25, 0.3) is 5.56 Å². The normalized spacial score (nSPS) is 23.1. The second-order valence-electron chi connectivity index (χ2n) is 9.60. The predicted molar refractivity (Wildman–Crippen MR) is 123 cm³/mol. The van der Waals surface area contributed by atoms with E-state index in [2.05, 4.69) is 58.3 Å². The van der Waals surface area contributed by atoms with Crippen LogP contribution in [0.3, 0.4) is 0 Å². The van der Waals surface area contributed by atoms with Crippen LogP contribution in [0.15, 0.2) is 23.0 Å². The molecule has 5 rings (SSSR count). The Hall–Kier alpha value is -2.58. The summed E-state index contributed by atoms with van der Waals surface area (Å²) in [5.41, 5.74) is 3.81. The summed E-state index contributed by atoms with van der Waals surface area (Å²) in [7, 11) is 0. The zero-order valence-electron chi connectivity index (χ0n) is 19.2. The fourth-order valence-corrected chi connectivity index (χ4v) is 5.37. The van der Waals surface area contributed by atoms with Gasteiger partial charge in [0.15, 0.2) is 5.82 Å². The van der Waals surface area contributed by atoms with Crippen LogP contribution in [-0.4, -0.2) is 55.9 Å². The number of piperidine rings is 1. The number of hydrogen-bond acceptors (Lipinski definition) is 6. The third-order valence-corrected chi connectivity index (χ3v) is 6.89. The summed E-state index contributed by atoms with van der Waals surface area (Å²) < 4.78 is 7.69. The topological polar surface area (TPSA) is 88.9 Å². The fraction of sp³-hybridized carbons (Fsp3) is 0.583. The Morgan fingerprint density at radius 3 is 2.88 bits per heavy atom.